The van der Waals surface area contributed by atoms with Crippen molar-refractivity contribution in [1.29, 1.82) is 0 Å². The Morgan fingerprint density at radius 2 is 1.71 bits per heavy atom. The quantitative estimate of drug-likeness (QED) is 0.475. The minimum atomic E-state index is -0.636. The van der Waals surface area contributed by atoms with Gasteiger partial charge in [0.15, 0.2) is 0 Å². The fraction of sp³-hybridized carbons (Fsp3) is 0.391. The van der Waals surface area contributed by atoms with Crippen LogP contribution in [-0.4, -0.2) is 23.0 Å². The minimum Gasteiger partial charge on any atom is -0.391 e. The molecule has 2 aromatic rings. The van der Waals surface area contributed by atoms with E-state index in [1.54, 1.807) is 24.3 Å². The van der Waals surface area contributed by atoms with Crippen LogP contribution in [0.1, 0.15) is 57.1 Å². The Hall–Kier alpha value is -2.50. The highest BCUT2D eigenvalue weighted by atomic mass is 16.7. The maximum Gasteiger partial charge on any atom is 0.478 e. The maximum atomic E-state index is 12.7. The molecule has 4 aliphatic carbocycles. The molecule has 0 saturated heterocycles. The van der Waals surface area contributed by atoms with E-state index in [4.69, 9.17) is 4.84 Å². The summed E-state index contributed by atoms with van der Waals surface area (Å²) in [6.45, 7) is 0. The number of rotatable bonds is 5. The number of hydrogen-bond acceptors (Lipinski definition) is 5. The van der Waals surface area contributed by atoms with E-state index < -0.39 is 18.1 Å². The number of carbonyl (C=O) groups excluding carboxylic acids is 2. The second-order valence-electron chi connectivity index (χ2n) is 8.26. The molecule has 2 N–H and O–H groups in total. The molecule has 2 bridgehead atoms. The lowest BCUT2D eigenvalue weighted by Gasteiger charge is -2.29. The average Bonchev–Trinajstić information content (AvgIpc) is 3.41. The molecule has 143 valence electrons. The molecule has 3 fully saturated rings. The van der Waals surface area contributed by atoms with Crippen LogP contribution in [0.4, 0.5) is 0 Å². The van der Waals surface area contributed by atoms with Crippen LogP contribution in [0.2, 0.25) is 0 Å². The van der Waals surface area contributed by atoms with E-state index in [0.29, 0.717) is 29.4 Å². The second kappa shape index (κ2) is 6.83. The molecule has 5 nitrogen and oxygen atoms in total. The third-order valence-electron chi connectivity index (χ3n) is 6.72. The topological polar surface area (TPSA) is 78.5 Å². The van der Waals surface area contributed by atoms with Crippen molar-refractivity contribution < 1.29 is 19.5 Å². The van der Waals surface area contributed by atoms with Gasteiger partial charge in [-0.3, -0.25) is 0 Å². The summed E-state index contributed by atoms with van der Waals surface area (Å²) < 4.78 is 0. The first kappa shape index (κ1) is 17.6. The van der Waals surface area contributed by atoms with Gasteiger partial charge in [-0.15, -0.1) is 5.48 Å². The van der Waals surface area contributed by atoms with Gasteiger partial charge in [0.1, 0.15) is 0 Å². The van der Waals surface area contributed by atoms with Crippen molar-refractivity contribution in [1.82, 2.24) is 5.48 Å². The number of ketones is 1. The second-order valence-corrected chi connectivity index (χ2v) is 8.26. The molecule has 5 atom stereocenters. The van der Waals surface area contributed by atoms with Gasteiger partial charge in [-0.1, -0.05) is 24.3 Å². The van der Waals surface area contributed by atoms with Gasteiger partial charge in [-0.2, -0.15) is 0 Å². The first-order valence-electron chi connectivity index (χ1n) is 9.98. The van der Waals surface area contributed by atoms with Crippen LogP contribution in [0.25, 0.3) is 0 Å². The summed E-state index contributed by atoms with van der Waals surface area (Å²) in [5, 5.41) is 10.2. The van der Waals surface area contributed by atoms with E-state index in [-0.39, 0.29) is 11.7 Å². The van der Waals surface area contributed by atoms with Gasteiger partial charge in [0, 0.05) is 6.42 Å². The largest absolute Gasteiger partial charge is 0.478 e. The Morgan fingerprint density at radius 1 is 1.04 bits per heavy atom. The Morgan fingerprint density at radius 3 is 2.43 bits per heavy atom. The fourth-order valence-corrected chi connectivity index (χ4v) is 5.18. The number of hydroxylamine groups is 1. The standard InChI is InChI=1S/C23H23NO4/c25-19-12-15-3-1-2-4-18(15)21(19)24-28-23(27)14-7-5-13(6-8-14)22(26)20-16-9-10-17(20)11-16/h1-8,16-17,19-21,24-25H,9-12H2/q+1/t16-,17+,19-,20?,21+/m0/s1. The summed E-state index contributed by atoms with van der Waals surface area (Å²) >= 11 is 0. The van der Waals surface area contributed by atoms with Crippen LogP contribution < -0.4 is 5.48 Å². The highest BCUT2D eigenvalue weighted by Gasteiger charge is 2.56. The zero-order chi connectivity index (χ0) is 19.3. The number of nitrogens with one attached hydrogen (secondary N) is 1. The molecule has 2 aromatic carbocycles. The summed E-state index contributed by atoms with van der Waals surface area (Å²) in [6.07, 6.45) is 3.44. The first-order chi connectivity index (χ1) is 13.6. The van der Waals surface area contributed by atoms with E-state index in [9.17, 15) is 14.7 Å². The average molecular weight is 377 g/mol. The Kier molecular flexibility index (Phi) is 4.29. The van der Waals surface area contributed by atoms with Gasteiger partial charge < -0.3 is 9.94 Å². The normalized spacial score (nSPS) is 29.8. The number of Topliss-reactive ketones (excluding diaryl/α,β-unsaturated/α-hetero) is 1. The van der Waals surface area contributed by atoms with Crippen LogP contribution in [-0.2, 0) is 11.3 Å². The summed E-state index contributed by atoms with van der Waals surface area (Å²) in [5.74, 6) is 0.990. The van der Waals surface area contributed by atoms with Gasteiger partial charge in [0.05, 0.1) is 29.2 Å². The van der Waals surface area contributed by atoms with E-state index in [1.807, 2.05) is 24.3 Å². The minimum absolute atomic E-state index is 0.184. The number of fused-ring (bicyclic) bond motifs is 2. The van der Waals surface area contributed by atoms with Crippen molar-refractivity contribution in [2.75, 3.05) is 0 Å². The van der Waals surface area contributed by atoms with Gasteiger partial charge in [-0.25, -0.2) is 4.79 Å². The molecule has 0 spiro atoms. The van der Waals surface area contributed by atoms with Gasteiger partial charge in [0.25, 0.3) is 0 Å². The van der Waals surface area contributed by atoms with Gasteiger partial charge in [-0.05, 0) is 66.5 Å². The number of aliphatic hydroxyl groups excluding tert-OH is 1. The van der Waals surface area contributed by atoms with Crippen molar-refractivity contribution in [3.8, 4) is 0 Å². The van der Waals surface area contributed by atoms with Crippen LogP contribution in [0.5, 0.6) is 0 Å². The molecule has 4 aliphatic rings. The zero-order valence-corrected chi connectivity index (χ0v) is 15.5. The first-order valence-corrected chi connectivity index (χ1v) is 9.98. The number of carbonyl (C=O) groups is 2. The van der Waals surface area contributed by atoms with Crippen molar-refractivity contribution in [3.05, 3.63) is 70.8 Å². The lowest BCUT2D eigenvalue weighted by molar-refractivity contribution is -0.00332. The highest BCUT2D eigenvalue weighted by molar-refractivity contribution is 6.00. The molecular weight excluding hydrogens is 354 g/mol. The molecule has 0 aliphatic heterocycles. The molecule has 0 heterocycles. The molecule has 1 radical (unpaired) electrons. The molecule has 0 amide bonds. The van der Waals surface area contributed by atoms with Crippen LogP contribution in [0.15, 0.2) is 48.5 Å². The molecule has 0 aromatic heterocycles. The summed E-state index contributed by atoms with van der Waals surface area (Å²) in [7, 11) is 0. The SMILES string of the molecule is O=C(ON[C@@H]1c2ccccc2C[C@@H]1O)c1ccc(C(=[O+])C2[C@@H]3CC[C@H]2C3)cc1. The third kappa shape index (κ3) is 2.86. The lowest BCUT2D eigenvalue weighted by atomic mass is 9.69. The summed E-state index contributed by atoms with van der Waals surface area (Å²) in [5.41, 5.74) is 5.76. The predicted molar refractivity (Wildman–Crippen MR) is 103 cm³/mol. The van der Waals surface area contributed by atoms with E-state index >= 15 is 0 Å². The maximum absolute atomic E-state index is 12.7. The Balaban J connectivity index is 1.22. The van der Waals surface area contributed by atoms with Crippen LogP contribution in [0.3, 0.4) is 0 Å². The Labute approximate surface area is 163 Å². The molecule has 3 saturated carbocycles. The van der Waals surface area contributed by atoms with Crippen molar-refractivity contribution in [2.24, 2.45) is 17.8 Å². The smallest absolute Gasteiger partial charge is 0.391 e. The number of hydrogen-bond donors (Lipinski definition) is 2. The van der Waals surface area contributed by atoms with Crippen LogP contribution >= 0.6 is 0 Å². The molecular formula is C23H23NO4+. The fourth-order valence-electron chi connectivity index (χ4n) is 5.18. The third-order valence-corrected chi connectivity index (χ3v) is 6.72. The summed E-state index contributed by atoms with van der Waals surface area (Å²) in [6, 6.07) is 14.0. The van der Waals surface area contributed by atoms with E-state index in [2.05, 4.69) is 5.48 Å². The molecule has 6 rings (SSSR count). The summed E-state index contributed by atoms with van der Waals surface area (Å²) in [4.78, 5) is 30.3. The Bertz CT molecular complexity index is 908. The number of benzene rings is 2. The molecule has 1 unspecified atom stereocenters. The monoisotopic (exact) mass is 377 g/mol. The number of aliphatic hydroxyl groups is 1. The van der Waals surface area contributed by atoms with E-state index in [1.165, 1.54) is 19.3 Å². The predicted octanol–water partition coefficient (Wildman–Crippen LogP) is 3.24. The molecule has 5 heteroatoms. The zero-order valence-electron chi connectivity index (χ0n) is 15.5. The van der Waals surface area contributed by atoms with Crippen molar-refractivity contribution in [3.63, 3.8) is 0 Å². The molecule has 28 heavy (non-hydrogen) atoms. The van der Waals surface area contributed by atoms with Gasteiger partial charge in [0.2, 0.25) is 4.79 Å². The van der Waals surface area contributed by atoms with Crippen molar-refractivity contribution in [2.45, 2.75) is 37.8 Å². The van der Waals surface area contributed by atoms with Gasteiger partial charge >= 0.3 is 11.8 Å². The lowest BCUT2D eigenvalue weighted by Crippen LogP contribution is -2.35. The van der Waals surface area contributed by atoms with Crippen molar-refractivity contribution >= 4 is 11.8 Å². The van der Waals surface area contributed by atoms with Crippen LogP contribution in [0, 0.1) is 17.8 Å². The van der Waals surface area contributed by atoms with E-state index in [0.717, 1.165) is 11.1 Å². The highest BCUT2D eigenvalue weighted by Crippen LogP contribution is 2.54.